The summed E-state index contributed by atoms with van der Waals surface area (Å²) in [6, 6.07) is 12.0. The molecule has 2 aromatic heterocycles. The molecule has 0 saturated heterocycles. The molecule has 0 fully saturated rings. The number of carbonyl (C=O) groups excluding carboxylic acids is 1. The number of nitrogens with zero attached hydrogens (tertiary/aromatic N) is 3. The molecule has 7 nitrogen and oxygen atoms in total. The topological polar surface area (TPSA) is 95.3 Å². The molecule has 3 aromatic rings. The van der Waals surface area contributed by atoms with E-state index in [-0.39, 0.29) is 5.75 Å². The smallest absolute Gasteiger partial charge is 0.289 e. The van der Waals surface area contributed by atoms with Crippen LogP contribution in [0.4, 0.5) is 0 Å². The van der Waals surface area contributed by atoms with Gasteiger partial charge in [0, 0.05) is 13.2 Å². The number of hydrogen-bond acceptors (Lipinski definition) is 4. The van der Waals surface area contributed by atoms with Crippen LogP contribution in [0.15, 0.2) is 53.8 Å². The van der Waals surface area contributed by atoms with Gasteiger partial charge in [0.05, 0.1) is 11.9 Å². The molecular formula is C16H15N5O2. The lowest BCUT2D eigenvalue weighted by Gasteiger charge is -1.97. The number of benzene rings is 1. The van der Waals surface area contributed by atoms with Crippen LogP contribution in [-0.2, 0) is 7.05 Å². The van der Waals surface area contributed by atoms with Crippen molar-refractivity contribution in [3.63, 3.8) is 0 Å². The number of hydrogen-bond donors (Lipinski definition) is 3. The highest BCUT2D eigenvalue weighted by atomic mass is 16.3. The van der Waals surface area contributed by atoms with Crippen molar-refractivity contribution in [2.45, 2.75) is 0 Å². The molecule has 0 spiro atoms. The number of aromatic hydroxyl groups is 1. The Balaban J connectivity index is 1.67. The van der Waals surface area contributed by atoms with Gasteiger partial charge in [-0.2, -0.15) is 10.2 Å². The first-order chi connectivity index (χ1) is 11.1. The molecule has 3 N–H and O–H groups in total. The summed E-state index contributed by atoms with van der Waals surface area (Å²) in [4.78, 5) is 12.0. The molecule has 116 valence electrons. The van der Waals surface area contributed by atoms with Crippen molar-refractivity contribution < 1.29 is 9.90 Å². The maximum absolute atomic E-state index is 12.0. The Kier molecular flexibility index (Phi) is 3.92. The number of phenolic OH excluding ortho intramolecular Hbond substituents is 1. The summed E-state index contributed by atoms with van der Waals surface area (Å²) >= 11 is 0. The molecule has 23 heavy (non-hydrogen) atoms. The average molecular weight is 309 g/mol. The van der Waals surface area contributed by atoms with E-state index in [1.165, 1.54) is 6.21 Å². The summed E-state index contributed by atoms with van der Waals surface area (Å²) < 4.78 is 1.91. The lowest BCUT2D eigenvalue weighted by Crippen LogP contribution is -2.17. The molecule has 0 atom stereocenters. The van der Waals surface area contributed by atoms with Crippen LogP contribution < -0.4 is 5.43 Å². The van der Waals surface area contributed by atoms with Gasteiger partial charge in [-0.25, -0.2) is 5.43 Å². The number of H-pyrrole nitrogens is 1. The number of amides is 1. The van der Waals surface area contributed by atoms with E-state index in [0.29, 0.717) is 17.0 Å². The number of aromatic nitrogens is 3. The van der Waals surface area contributed by atoms with Crippen molar-refractivity contribution in [1.29, 1.82) is 0 Å². The Morgan fingerprint density at radius 3 is 2.96 bits per heavy atom. The summed E-state index contributed by atoms with van der Waals surface area (Å²) in [6.45, 7) is 0. The zero-order chi connectivity index (χ0) is 16.2. The predicted octanol–water partition coefficient (Wildman–Crippen LogP) is 1.88. The van der Waals surface area contributed by atoms with Crippen molar-refractivity contribution in [1.82, 2.24) is 20.2 Å². The monoisotopic (exact) mass is 309 g/mol. The van der Waals surface area contributed by atoms with Crippen molar-refractivity contribution >= 4 is 12.1 Å². The van der Waals surface area contributed by atoms with Crippen LogP contribution in [0.3, 0.4) is 0 Å². The van der Waals surface area contributed by atoms with Crippen LogP contribution >= 0.6 is 0 Å². The van der Waals surface area contributed by atoms with Gasteiger partial charge >= 0.3 is 0 Å². The summed E-state index contributed by atoms with van der Waals surface area (Å²) in [6.07, 6.45) is 3.36. The first-order valence-electron chi connectivity index (χ1n) is 6.93. The van der Waals surface area contributed by atoms with E-state index in [4.69, 9.17) is 0 Å². The van der Waals surface area contributed by atoms with Crippen LogP contribution in [0.1, 0.15) is 16.1 Å². The highest BCUT2D eigenvalue weighted by Gasteiger charge is 2.11. The average Bonchev–Trinajstić information content (AvgIpc) is 3.15. The maximum Gasteiger partial charge on any atom is 0.289 e. The SMILES string of the molecule is Cn1cccc1-c1cc(C(=O)N/N=C\c2cccc(O)c2)[nH]n1. The predicted molar refractivity (Wildman–Crippen MR) is 86.2 cm³/mol. The van der Waals surface area contributed by atoms with Gasteiger partial charge in [-0.1, -0.05) is 12.1 Å². The zero-order valence-electron chi connectivity index (χ0n) is 12.4. The minimum absolute atomic E-state index is 0.140. The molecule has 1 aromatic carbocycles. The molecule has 3 rings (SSSR count). The largest absolute Gasteiger partial charge is 0.508 e. The summed E-state index contributed by atoms with van der Waals surface area (Å²) in [5.41, 5.74) is 4.99. The quantitative estimate of drug-likeness (QED) is 0.507. The third-order valence-corrected chi connectivity index (χ3v) is 3.28. The fraction of sp³-hybridized carbons (Fsp3) is 0.0625. The van der Waals surface area contributed by atoms with E-state index in [9.17, 15) is 9.90 Å². The van der Waals surface area contributed by atoms with Gasteiger partial charge in [0.15, 0.2) is 0 Å². The van der Waals surface area contributed by atoms with E-state index < -0.39 is 5.91 Å². The normalized spacial score (nSPS) is 11.0. The second-order valence-corrected chi connectivity index (χ2v) is 4.97. The van der Waals surface area contributed by atoms with Crippen LogP contribution in [-0.4, -0.2) is 32.0 Å². The van der Waals surface area contributed by atoms with Crippen molar-refractivity contribution in [2.75, 3.05) is 0 Å². The van der Waals surface area contributed by atoms with E-state index in [2.05, 4.69) is 20.7 Å². The van der Waals surface area contributed by atoms with Gasteiger partial charge in [-0.3, -0.25) is 9.89 Å². The van der Waals surface area contributed by atoms with Gasteiger partial charge in [-0.05, 0) is 35.9 Å². The van der Waals surface area contributed by atoms with Crippen molar-refractivity contribution in [2.24, 2.45) is 12.1 Å². The molecule has 0 radical (unpaired) electrons. The summed E-state index contributed by atoms with van der Waals surface area (Å²) in [5.74, 6) is -0.254. The highest BCUT2D eigenvalue weighted by molar-refractivity contribution is 5.94. The Bertz CT molecular complexity index is 863. The number of rotatable bonds is 4. The van der Waals surface area contributed by atoms with Crippen LogP contribution in [0.25, 0.3) is 11.4 Å². The number of aromatic amines is 1. The second kappa shape index (κ2) is 6.18. The standard InChI is InChI=1S/C16H15N5O2/c1-21-7-3-6-15(21)13-9-14(19-18-13)16(23)20-17-10-11-4-2-5-12(22)8-11/h2-10,22H,1H3,(H,18,19)(H,20,23)/b17-10-. The molecule has 0 saturated carbocycles. The van der Waals surface area contributed by atoms with Crippen molar-refractivity contribution in [3.05, 3.63) is 59.9 Å². The third kappa shape index (κ3) is 3.29. The Labute approximate surface area is 132 Å². The maximum atomic E-state index is 12.0. The van der Waals surface area contributed by atoms with Gasteiger partial charge in [0.2, 0.25) is 0 Å². The van der Waals surface area contributed by atoms with Gasteiger partial charge < -0.3 is 9.67 Å². The van der Waals surface area contributed by atoms with E-state index in [0.717, 1.165) is 5.69 Å². The number of phenols is 1. The second-order valence-electron chi connectivity index (χ2n) is 4.97. The van der Waals surface area contributed by atoms with Crippen molar-refractivity contribution in [3.8, 4) is 17.1 Å². The first-order valence-corrected chi connectivity index (χ1v) is 6.93. The molecule has 1 amide bonds. The molecule has 0 aliphatic heterocycles. The minimum atomic E-state index is -0.394. The fourth-order valence-electron chi connectivity index (χ4n) is 2.13. The molecule has 0 bridgehead atoms. The molecule has 2 heterocycles. The van der Waals surface area contributed by atoms with Gasteiger partial charge in [0.25, 0.3) is 5.91 Å². The van der Waals surface area contributed by atoms with Gasteiger partial charge in [0.1, 0.15) is 17.1 Å². The van der Waals surface area contributed by atoms with E-state index >= 15 is 0 Å². The fourth-order valence-corrected chi connectivity index (χ4v) is 2.13. The number of nitrogens with one attached hydrogen (secondary N) is 2. The summed E-state index contributed by atoms with van der Waals surface area (Å²) in [7, 11) is 1.91. The molecule has 0 aliphatic carbocycles. The first kappa shape index (κ1) is 14.6. The number of carbonyl (C=O) groups is 1. The zero-order valence-corrected chi connectivity index (χ0v) is 12.4. The molecule has 7 heteroatoms. The summed E-state index contributed by atoms with van der Waals surface area (Å²) in [5, 5.41) is 20.0. The third-order valence-electron chi connectivity index (χ3n) is 3.28. The Morgan fingerprint density at radius 2 is 2.22 bits per heavy atom. The number of hydrazone groups is 1. The molecule has 0 unspecified atom stereocenters. The van der Waals surface area contributed by atoms with Crippen LogP contribution in [0.2, 0.25) is 0 Å². The van der Waals surface area contributed by atoms with E-state index in [1.807, 2.05) is 29.9 Å². The Hall–Kier alpha value is -3.35. The van der Waals surface area contributed by atoms with Crippen LogP contribution in [0.5, 0.6) is 5.75 Å². The Morgan fingerprint density at radius 1 is 1.35 bits per heavy atom. The molecule has 0 aliphatic rings. The lowest BCUT2D eigenvalue weighted by atomic mass is 10.2. The van der Waals surface area contributed by atoms with Crippen LogP contribution in [0, 0.1) is 0 Å². The van der Waals surface area contributed by atoms with E-state index in [1.54, 1.807) is 30.3 Å². The molecular weight excluding hydrogens is 294 g/mol. The lowest BCUT2D eigenvalue weighted by molar-refractivity contribution is 0.0950. The highest BCUT2D eigenvalue weighted by Crippen LogP contribution is 2.17. The number of aryl methyl sites for hydroxylation is 1. The minimum Gasteiger partial charge on any atom is -0.508 e. The van der Waals surface area contributed by atoms with Gasteiger partial charge in [-0.15, -0.1) is 0 Å².